The van der Waals surface area contributed by atoms with Crippen molar-refractivity contribution < 1.29 is 14.3 Å². The van der Waals surface area contributed by atoms with E-state index in [2.05, 4.69) is 22.9 Å². The summed E-state index contributed by atoms with van der Waals surface area (Å²) in [4.78, 5) is 32.7. The summed E-state index contributed by atoms with van der Waals surface area (Å²) < 4.78 is 5.60. The SMILES string of the molecule is CC1CCC(C2CSC3N=CN(CC4=CC(=O)OC5CC(Br)CCC45)C(=O)C32)CC1. The number of esters is 1. The number of rotatable bonds is 3. The summed E-state index contributed by atoms with van der Waals surface area (Å²) in [6, 6.07) is 0. The van der Waals surface area contributed by atoms with Crippen LogP contribution in [0, 0.1) is 29.6 Å². The zero-order valence-corrected chi connectivity index (χ0v) is 19.9. The molecule has 2 saturated carbocycles. The Hall–Kier alpha value is -0.820. The Labute approximate surface area is 191 Å². The van der Waals surface area contributed by atoms with Crippen LogP contribution in [0.1, 0.15) is 51.9 Å². The molecule has 0 spiro atoms. The van der Waals surface area contributed by atoms with Crippen LogP contribution in [0.5, 0.6) is 0 Å². The van der Waals surface area contributed by atoms with Gasteiger partial charge in [-0.3, -0.25) is 14.7 Å². The van der Waals surface area contributed by atoms with E-state index in [0.717, 1.165) is 36.5 Å². The minimum atomic E-state index is -0.266. The van der Waals surface area contributed by atoms with Gasteiger partial charge in [0.15, 0.2) is 0 Å². The normalized spacial score (nSPS) is 43.7. The van der Waals surface area contributed by atoms with Crippen LogP contribution in [-0.4, -0.2) is 51.7 Å². The van der Waals surface area contributed by atoms with Gasteiger partial charge in [0, 0.05) is 23.4 Å². The lowest BCUT2D eigenvalue weighted by atomic mass is 9.72. The molecule has 5 nitrogen and oxygen atoms in total. The van der Waals surface area contributed by atoms with Gasteiger partial charge in [0.1, 0.15) is 11.5 Å². The highest BCUT2D eigenvalue weighted by Crippen LogP contribution is 2.48. The van der Waals surface area contributed by atoms with Gasteiger partial charge in [0.25, 0.3) is 0 Å². The second-order valence-electron chi connectivity index (χ2n) is 9.88. The maximum absolute atomic E-state index is 13.6. The molecular formula is C23H31BrN2O3S. The standard InChI is InChI=1S/C23H31BrN2O3S/c1-13-2-4-14(5-3-13)18-11-30-22-21(18)23(28)26(12-25-22)10-15-8-20(27)29-19-9-16(24)6-7-17(15)19/h8,12-14,16-19,21-22H,2-7,9-11H2,1H3. The molecule has 0 radical (unpaired) electrons. The van der Waals surface area contributed by atoms with E-state index in [-0.39, 0.29) is 35.2 Å². The molecule has 0 aromatic heterocycles. The van der Waals surface area contributed by atoms with E-state index in [1.54, 1.807) is 17.3 Å². The molecule has 3 fully saturated rings. The molecule has 6 unspecified atom stereocenters. The zero-order chi connectivity index (χ0) is 20.8. The molecule has 5 rings (SSSR count). The fourth-order valence-electron chi connectivity index (χ4n) is 6.16. The van der Waals surface area contributed by atoms with Gasteiger partial charge in [-0.15, -0.1) is 11.8 Å². The number of ether oxygens (including phenoxy) is 1. The van der Waals surface area contributed by atoms with Crippen molar-refractivity contribution in [2.75, 3.05) is 12.3 Å². The Balaban J connectivity index is 1.31. The van der Waals surface area contributed by atoms with Crippen molar-refractivity contribution in [1.82, 2.24) is 4.90 Å². The smallest absolute Gasteiger partial charge is 0.331 e. The molecule has 164 valence electrons. The van der Waals surface area contributed by atoms with Crippen LogP contribution in [0.2, 0.25) is 0 Å². The minimum absolute atomic E-state index is 0.00335. The predicted octanol–water partition coefficient (Wildman–Crippen LogP) is 4.40. The van der Waals surface area contributed by atoms with Crippen LogP contribution in [-0.2, 0) is 14.3 Å². The fraction of sp³-hybridized carbons (Fsp3) is 0.783. The van der Waals surface area contributed by atoms with Crippen molar-refractivity contribution in [3.8, 4) is 0 Å². The summed E-state index contributed by atoms with van der Waals surface area (Å²) in [6.45, 7) is 2.83. The number of thioether (sulfide) groups is 1. The molecule has 3 aliphatic heterocycles. The third kappa shape index (κ3) is 4.01. The minimum Gasteiger partial charge on any atom is -0.459 e. The number of carbonyl (C=O) groups is 2. The molecule has 0 N–H and O–H groups in total. The van der Waals surface area contributed by atoms with E-state index in [1.165, 1.54) is 25.7 Å². The molecule has 7 heteroatoms. The number of fused-ring (bicyclic) bond motifs is 2. The topological polar surface area (TPSA) is 59.0 Å². The number of carbonyl (C=O) groups excluding carboxylic acids is 2. The highest BCUT2D eigenvalue weighted by atomic mass is 79.9. The van der Waals surface area contributed by atoms with E-state index in [1.807, 2.05) is 11.8 Å². The molecule has 0 bridgehead atoms. The first-order valence-electron chi connectivity index (χ1n) is 11.5. The van der Waals surface area contributed by atoms with E-state index < -0.39 is 0 Å². The monoisotopic (exact) mass is 494 g/mol. The van der Waals surface area contributed by atoms with Crippen molar-refractivity contribution in [3.05, 3.63) is 11.6 Å². The third-order valence-corrected chi connectivity index (χ3v) is 10.1. The molecule has 1 amide bonds. The van der Waals surface area contributed by atoms with E-state index in [0.29, 0.717) is 23.2 Å². The summed E-state index contributed by atoms with van der Waals surface area (Å²) in [7, 11) is 0. The number of hydrogen-bond donors (Lipinski definition) is 0. The zero-order valence-electron chi connectivity index (χ0n) is 17.5. The maximum Gasteiger partial charge on any atom is 0.331 e. The first kappa shape index (κ1) is 21.0. The van der Waals surface area contributed by atoms with Gasteiger partial charge < -0.3 is 4.74 Å². The Bertz CT molecular complexity index is 764. The van der Waals surface area contributed by atoms with Crippen LogP contribution < -0.4 is 0 Å². The quantitative estimate of drug-likeness (QED) is 0.430. The van der Waals surface area contributed by atoms with Gasteiger partial charge in [-0.05, 0) is 61.2 Å². The van der Waals surface area contributed by atoms with Gasteiger partial charge in [-0.2, -0.15) is 0 Å². The van der Waals surface area contributed by atoms with Crippen LogP contribution in [0.3, 0.4) is 0 Å². The second-order valence-corrected chi connectivity index (χ2v) is 12.3. The molecule has 6 atom stereocenters. The number of hydrogen-bond acceptors (Lipinski definition) is 5. The average Bonchev–Trinajstić information content (AvgIpc) is 3.15. The van der Waals surface area contributed by atoms with Gasteiger partial charge in [0.05, 0.1) is 12.3 Å². The van der Waals surface area contributed by atoms with Gasteiger partial charge in [-0.1, -0.05) is 35.7 Å². The maximum atomic E-state index is 13.6. The molecule has 5 aliphatic rings. The first-order valence-corrected chi connectivity index (χ1v) is 13.5. The van der Waals surface area contributed by atoms with Crippen LogP contribution in [0.4, 0.5) is 0 Å². The summed E-state index contributed by atoms with van der Waals surface area (Å²) in [5, 5.41) is 0.0833. The van der Waals surface area contributed by atoms with Crippen molar-refractivity contribution in [3.63, 3.8) is 0 Å². The average molecular weight is 495 g/mol. The number of aliphatic imine (C=N–C) groups is 1. The summed E-state index contributed by atoms with van der Waals surface area (Å²) in [5.41, 5.74) is 1.04. The molecular weight excluding hydrogens is 464 g/mol. The third-order valence-electron chi connectivity index (χ3n) is 7.94. The lowest BCUT2D eigenvalue weighted by Gasteiger charge is -2.40. The highest BCUT2D eigenvalue weighted by molar-refractivity contribution is 9.09. The summed E-state index contributed by atoms with van der Waals surface area (Å²) in [5.74, 6) is 3.16. The molecule has 0 aromatic carbocycles. The van der Waals surface area contributed by atoms with E-state index in [4.69, 9.17) is 9.73 Å². The van der Waals surface area contributed by atoms with Crippen LogP contribution in [0.15, 0.2) is 16.6 Å². The van der Waals surface area contributed by atoms with Crippen molar-refractivity contribution in [1.29, 1.82) is 0 Å². The molecule has 2 aliphatic carbocycles. The first-order chi connectivity index (χ1) is 14.5. The summed E-state index contributed by atoms with van der Waals surface area (Å²) in [6.07, 6.45) is 11.3. The Morgan fingerprint density at radius 2 is 2.00 bits per heavy atom. The van der Waals surface area contributed by atoms with Gasteiger partial charge in [0.2, 0.25) is 5.91 Å². The lowest BCUT2D eigenvalue weighted by Crippen LogP contribution is -2.48. The van der Waals surface area contributed by atoms with Crippen LogP contribution >= 0.6 is 27.7 Å². The fourth-order valence-corrected chi connectivity index (χ4v) is 8.36. The van der Waals surface area contributed by atoms with Gasteiger partial charge >= 0.3 is 5.97 Å². The lowest BCUT2D eigenvalue weighted by molar-refractivity contribution is -0.149. The Kier molecular flexibility index (Phi) is 6.04. The van der Waals surface area contributed by atoms with Crippen LogP contribution in [0.25, 0.3) is 0 Å². The largest absolute Gasteiger partial charge is 0.459 e. The van der Waals surface area contributed by atoms with E-state index >= 15 is 0 Å². The van der Waals surface area contributed by atoms with Crippen molar-refractivity contribution >= 4 is 45.9 Å². The number of alkyl halides is 1. The molecule has 30 heavy (non-hydrogen) atoms. The molecule has 1 saturated heterocycles. The number of amides is 1. The van der Waals surface area contributed by atoms with E-state index in [9.17, 15) is 9.59 Å². The van der Waals surface area contributed by atoms with Crippen molar-refractivity contribution in [2.24, 2.45) is 34.6 Å². The number of nitrogens with zero attached hydrogens (tertiary/aromatic N) is 2. The Morgan fingerprint density at radius 3 is 2.80 bits per heavy atom. The Morgan fingerprint density at radius 1 is 1.20 bits per heavy atom. The predicted molar refractivity (Wildman–Crippen MR) is 123 cm³/mol. The molecule has 0 aromatic rings. The highest BCUT2D eigenvalue weighted by Gasteiger charge is 2.49. The molecule has 3 heterocycles. The van der Waals surface area contributed by atoms with Gasteiger partial charge in [-0.25, -0.2) is 4.79 Å². The van der Waals surface area contributed by atoms with Crippen molar-refractivity contribution in [2.45, 2.75) is 68.2 Å². The summed E-state index contributed by atoms with van der Waals surface area (Å²) >= 11 is 5.54. The second kappa shape index (κ2) is 8.61. The number of halogens is 1.